The van der Waals surface area contributed by atoms with Crippen LogP contribution in [0, 0.1) is 0 Å². The zero-order valence-corrected chi connectivity index (χ0v) is 12.4. The molecule has 1 unspecified atom stereocenters. The predicted molar refractivity (Wildman–Crippen MR) is 80.5 cm³/mol. The summed E-state index contributed by atoms with van der Waals surface area (Å²) in [6.45, 7) is 5.40. The Labute approximate surface area is 119 Å². The van der Waals surface area contributed by atoms with Crippen LogP contribution in [0.25, 0.3) is 0 Å². The number of hydrogen-bond acceptors (Lipinski definition) is 4. The van der Waals surface area contributed by atoms with Gasteiger partial charge in [-0.1, -0.05) is 55.5 Å². The monoisotopic (exact) mass is 275 g/mol. The van der Waals surface area contributed by atoms with Gasteiger partial charge in [0, 0.05) is 6.42 Å². The molecule has 0 bridgehead atoms. The molecule has 1 atom stereocenters. The summed E-state index contributed by atoms with van der Waals surface area (Å²) < 4.78 is 0. The average Bonchev–Trinajstić information content (AvgIpc) is 2.89. The molecule has 0 aliphatic heterocycles. The van der Waals surface area contributed by atoms with Crippen molar-refractivity contribution in [3.05, 3.63) is 45.9 Å². The molecule has 2 rings (SSSR count). The smallest absolute Gasteiger partial charge is 0.134 e. The molecule has 4 heteroatoms. The second kappa shape index (κ2) is 7.36. The summed E-state index contributed by atoms with van der Waals surface area (Å²) >= 11 is 1.73. The molecule has 0 amide bonds. The topological polar surface area (TPSA) is 37.8 Å². The summed E-state index contributed by atoms with van der Waals surface area (Å²) in [5, 5.41) is 14.4. The molecule has 0 fully saturated rings. The minimum Gasteiger partial charge on any atom is -0.308 e. The Bertz CT molecular complexity index is 481. The van der Waals surface area contributed by atoms with Crippen molar-refractivity contribution in [3.8, 4) is 0 Å². The van der Waals surface area contributed by atoms with Gasteiger partial charge >= 0.3 is 0 Å². The fourth-order valence-corrected chi connectivity index (χ4v) is 3.01. The van der Waals surface area contributed by atoms with Gasteiger partial charge in [-0.2, -0.15) is 0 Å². The highest BCUT2D eigenvalue weighted by molar-refractivity contribution is 7.11. The van der Waals surface area contributed by atoms with E-state index < -0.39 is 0 Å². The number of nitrogens with zero attached hydrogens (tertiary/aromatic N) is 2. The summed E-state index contributed by atoms with van der Waals surface area (Å²) in [5.74, 6) is 0. The van der Waals surface area contributed by atoms with Crippen LogP contribution < -0.4 is 5.32 Å². The normalized spacial score (nSPS) is 12.5. The Kier molecular flexibility index (Phi) is 5.48. The zero-order chi connectivity index (χ0) is 13.5. The van der Waals surface area contributed by atoms with Crippen molar-refractivity contribution in [1.29, 1.82) is 0 Å². The van der Waals surface area contributed by atoms with Crippen LogP contribution >= 0.6 is 11.3 Å². The number of benzene rings is 1. The highest BCUT2D eigenvalue weighted by Gasteiger charge is 2.14. The van der Waals surface area contributed by atoms with Gasteiger partial charge < -0.3 is 5.32 Å². The van der Waals surface area contributed by atoms with Crippen LogP contribution in [-0.2, 0) is 6.42 Å². The predicted octanol–water partition coefficient (Wildman–Crippen LogP) is 3.58. The summed E-state index contributed by atoms with van der Waals surface area (Å²) in [6.07, 6.45) is 3.08. The van der Waals surface area contributed by atoms with Crippen LogP contribution in [0.15, 0.2) is 30.3 Å². The van der Waals surface area contributed by atoms with Crippen molar-refractivity contribution >= 4 is 11.3 Å². The standard InChI is InChI=1S/C15H21N3S/c1-3-10-16-13(4-2)15-18-17-14(19-15)11-12-8-6-5-7-9-12/h5-9,13,16H,3-4,10-11H2,1-2H3. The molecule has 0 spiro atoms. The van der Waals surface area contributed by atoms with Crippen molar-refractivity contribution in [2.45, 2.75) is 39.2 Å². The lowest BCUT2D eigenvalue weighted by atomic mass is 10.2. The van der Waals surface area contributed by atoms with Crippen LogP contribution in [-0.4, -0.2) is 16.7 Å². The fourth-order valence-electron chi connectivity index (χ4n) is 1.97. The maximum absolute atomic E-state index is 4.34. The van der Waals surface area contributed by atoms with E-state index in [4.69, 9.17) is 0 Å². The molecule has 102 valence electrons. The maximum Gasteiger partial charge on any atom is 0.134 e. The van der Waals surface area contributed by atoms with E-state index >= 15 is 0 Å². The van der Waals surface area contributed by atoms with Gasteiger partial charge in [-0.05, 0) is 24.9 Å². The first-order valence-electron chi connectivity index (χ1n) is 6.93. The minimum absolute atomic E-state index is 0.349. The van der Waals surface area contributed by atoms with Gasteiger partial charge in [0.05, 0.1) is 6.04 Å². The second-order valence-corrected chi connectivity index (χ2v) is 5.71. The van der Waals surface area contributed by atoms with Crippen molar-refractivity contribution in [3.63, 3.8) is 0 Å². The molecule has 1 heterocycles. The molecular weight excluding hydrogens is 254 g/mol. The Morgan fingerprint density at radius 2 is 1.95 bits per heavy atom. The summed E-state index contributed by atoms with van der Waals surface area (Å²) in [7, 11) is 0. The van der Waals surface area contributed by atoms with Crippen molar-refractivity contribution < 1.29 is 0 Å². The number of nitrogens with one attached hydrogen (secondary N) is 1. The third-order valence-electron chi connectivity index (χ3n) is 3.03. The van der Waals surface area contributed by atoms with E-state index in [9.17, 15) is 0 Å². The molecule has 0 saturated carbocycles. The van der Waals surface area contributed by atoms with Crippen molar-refractivity contribution in [2.24, 2.45) is 0 Å². The summed E-state index contributed by atoms with van der Waals surface area (Å²) in [5.41, 5.74) is 1.29. The van der Waals surface area contributed by atoms with Gasteiger partial charge in [0.15, 0.2) is 0 Å². The minimum atomic E-state index is 0.349. The van der Waals surface area contributed by atoms with Crippen molar-refractivity contribution in [2.75, 3.05) is 6.54 Å². The van der Waals surface area contributed by atoms with Gasteiger partial charge in [0.25, 0.3) is 0 Å². The average molecular weight is 275 g/mol. The molecule has 1 aromatic heterocycles. The Morgan fingerprint density at radius 1 is 1.16 bits per heavy atom. The number of hydrogen-bond donors (Lipinski definition) is 1. The Morgan fingerprint density at radius 3 is 2.63 bits per heavy atom. The van der Waals surface area contributed by atoms with Gasteiger partial charge in [-0.15, -0.1) is 10.2 Å². The van der Waals surface area contributed by atoms with Gasteiger partial charge in [-0.3, -0.25) is 0 Å². The van der Waals surface area contributed by atoms with Crippen LogP contribution in [0.1, 0.15) is 48.3 Å². The molecule has 3 nitrogen and oxygen atoms in total. The summed E-state index contributed by atoms with van der Waals surface area (Å²) in [4.78, 5) is 0. The molecule has 0 radical (unpaired) electrons. The molecule has 0 saturated heterocycles. The van der Waals surface area contributed by atoms with Crippen LogP contribution in [0.5, 0.6) is 0 Å². The largest absolute Gasteiger partial charge is 0.308 e. The van der Waals surface area contributed by atoms with E-state index in [1.54, 1.807) is 11.3 Å². The highest BCUT2D eigenvalue weighted by Crippen LogP contribution is 2.22. The first-order chi connectivity index (χ1) is 9.33. The lowest BCUT2D eigenvalue weighted by Gasteiger charge is -2.12. The van der Waals surface area contributed by atoms with Crippen LogP contribution in [0.3, 0.4) is 0 Å². The molecule has 1 N–H and O–H groups in total. The summed E-state index contributed by atoms with van der Waals surface area (Å²) in [6, 6.07) is 10.8. The van der Waals surface area contributed by atoms with Crippen molar-refractivity contribution in [1.82, 2.24) is 15.5 Å². The van der Waals surface area contributed by atoms with E-state index in [-0.39, 0.29) is 0 Å². The van der Waals surface area contributed by atoms with Gasteiger partial charge in [0.1, 0.15) is 10.0 Å². The SMILES string of the molecule is CCCNC(CC)c1nnc(Cc2ccccc2)s1. The highest BCUT2D eigenvalue weighted by atomic mass is 32.1. The molecule has 2 aromatic rings. The molecule has 19 heavy (non-hydrogen) atoms. The molecule has 0 aliphatic rings. The maximum atomic E-state index is 4.34. The molecule has 1 aromatic carbocycles. The third kappa shape index (κ3) is 4.11. The third-order valence-corrected chi connectivity index (χ3v) is 4.06. The Hall–Kier alpha value is -1.26. The molecule has 0 aliphatic carbocycles. The Balaban J connectivity index is 2.01. The second-order valence-electron chi connectivity index (χ2n) is 4.61. The lowest BCUT2D eigenvalue weighted by molar-refractivity contribution is 0.513. The van der Waals surface area contributed by atoms with E-state index in [0.717, 1.165) is 35.8 Å². The number of rotatable bonds is 7. The van der Waals surface area contributed by atoms with Gasteiger partial charge in [-0.25, -0.2) is 0 Å². The fraction of sp³-hybridized carbons (Fsp3) is 0.467. The van der Waals surface area contributed by atoms with E-state index in [1.165, 1.54) is 5.56 Å². The number of aromatic nitrogens is 2. The first kappa shape index (κ1) is 14.2. The quantitative estimate of drug-likeness (QED) is 0.839. The van der Waals surface area contributed by atoms with E-state index in [1.807, 2.05) is 6.07 Å². The van der Waals surface area contributed by atoms with Crippen LogP contribution in [0.2, 0.25) is 0 Å². The van der Waals surface area contributed by atoms with E-state index in [2.05, 4.69) is 53.6 Å². The first-order valence-corrected chi connectivity index (χ1v) is 7.74. The lowest BCUT2D eigenvalue weighted by Crippen LogP contribution is -2.21. The zero-order valence-electron chi connectivity index (χ0n) is 11.6. The van der Waals surface area contributed by atoms with E-state index in [0.29, 0.717) is 6.04 Å². The van der Waals surface area contributed by atoms with Gasteiger partial charge in [0.2, 0.25) is 0 Å². The van der Waals surface area contributed by atoms with Crippen LogP contribution in [0.4, 0.5) is 0 Å². The molecular formula is C15H21N3S.